The Morgan fingerprint density at radius 2 is 2.20 bits per heavy atom. The summed E-state index contributed by atoms with van der Waals surface area (Å²) in [5.41, 5.74) is 0. The zero-order valence-electron chi connectivity index (χ0n) is 6.00. The van der Waals surface area contributed by atoms with E-state index in [2.05, 4.69) is 4.98 Å². The third kappa shape index (κ3) is 1.48. The van der Waals surface area contributed by atoms with Crippen LogP contribution in [0.3, 0.4) is 0 Å². The Morgan fingerprint density at radius 1 is 1.50 bits per heavy atom. The summed E-state index contributed by atoms with van der Waals surface area (Å²) in [7, 11) is -0.331. The van der Waals surface area contributed by atoms with Gasteiger partial charge in [0.25, 0.3) is 0 Å². The lowest BCUT2D eigenvalue weighted by Gasteiger charge is -2.08. The number of nitrogens with zero attached hydrogens (tertiary/aromatic N) is 1. The van der Waals surface area contributed by atoms with Crippen LogP contribution in [-0.2, 0) is 0 Å². The van der Waals surface area contributed by atoms with E-state index in [1.807, 2.05) is 12.5 Å². The fraction of sp³-hybridized carbons (Fsp3) is 0.286. The first kappa shape index (κ1) is 7.54. The monoisotopic (exact) mass is 159 g/mol. The van der Waals surface area contributed by atoms with Gasteiger partial charge in [-0.1, -0.05) is 0 Å². The number of aromatic nitrogens is 1. The van der Waals surface area contributed by atoms with Crippen LogP contribution in [0.15, 0.2) is 23.4 Å². The van der Waals surface area contributed by atoms with Gasteiger partial charge < -0.3 is 0 Å². The molecule has 0 bridgehead atoms. The molecule has 0 aliphatic rings. The first-order valence-corrected chi connectivity index (χ1v) is 5.22. The van der Waals surface area contributed by atoms with E-state index in [0.717, 1.165) is 4.90 Å². The molecule has 56 valence electrons. The summed E-state index contributed by atoms with van der Waals surface area (Å²) in [6, 6.07) is 1.74. The summed E-state index contributed by atoms with van der Waals surface area (Å²) >= 11 is 0. The van der Waals surface area contributed by atoms with Gasteiger partial charge in [0.15, 0.2) is 5.82 Å². The van der Waals surface area contributed by atoms with Gasteiger partial charge >= 0.3 is 0 Å². The summed E-state index contributed by atoms with van der Waals surface area (Å²) in [6.07, 6.45) is 6.93. The van der Waals surface area contributed by atoms with E-state index in [1.165, 1.54) is 6.20 Å². The summed E-state index contributed by atoms with van der Waals surface area (Å²) < 4.78 is 12.8. The maximum absolute atomic E-state index is 12.8. The molecule has 10 heavy (non-hydrogen) atoms. The Labute approximate surface area is 62.6 Å². The molecular weight excluding hydrogens is 149 g/mol. The second-order valence-corrected chi connectivity index (χ2v) is 4.49. The Bertz CT molecular complexity index is 225. The molecule has 1 heterocycles. The van der Waals surface area contributed by atoms with Gasteiger partial charge in [-0.2, -0.15) is 0 Å². The van der Waals surface area contributed by atoms with Gasteiger partial charge in [0.1, 0.15) is 0 Å². The minimum atomic E-state index is -0.331. The van der Waals surface area contributed by atoms with Crippen molar-refractivity contribution in [2.24, 2.45) is 0 Å². The number of rotatable bonds is 1. The van der Waals surface area contributed by atoms with Crippen molar-refractivity contribution in [2.75, 3.05) is 12.5 Å². The van der Waals surface area contributed by atoms with E-state index >= 15 is 0 Å². The summed E-state index contributed by atoms with van der Waals surface area (Å²) in [6.45, 7) is 0. The molecule has 0 atom stereocenters. The molecular formula is C7H10FNS. The molecule has 0 amide bonds. The third-order valence-corrected chi connectivity index (χ3v) is 2.56. The molecule has 0 unspecified atom stereocenters. The van der Waals surface area contributed by atoms with Gasteiger partial charge in [0.05, 0.1) is 6.20 Å². The average molecular weight is 159 g/mol. The van der Waals surface area contributed by atoms with Crippen molar-refractivity contribution in [1.82, 2.24) is 4.98 Å². The first-order chi connectivity index (χ1) is 4.72. The van der Waals surface area contributed by atoms with Crippen LogP contribution >= 0.6 is 10.9 Å². The molecule has 1 aromatic heterocycles. The van der Waals surface area contributed by atoms with Crippen LogP contribution in [0, 0.1) is 5.82 Å². The smallest absolute Gasteiger partial charge is 0.153 e. The lowest BCUT2D eigenvalue weighted by Crippen LogP contribution is -1.85. The zero-order valence-corrected chi connectivity index (χ0v) is 6.90. The molecule has 1 rings (SSSR count). The fourth-order valence-electron chi connectivity index (χ4n) is 0.731. The van der Waals surface area contributed by atoms with E-state index in [0.29, 0.717) is 0 Å². The third-order valence-electron chi connectivity index (χ3n) is 1.23. The van der Waals surface area contributed by atoms with Crippen LogP contribution in [0.1, 0.15) is 0 Å². The van der Waals surface area contributed by atoms with Crippen molar-refractivity contribution in [3.8, 4) is 0 Å². The predicted octanol–water partition coefficient (Wildman–Crippen LogP) is 1.84. The summed E-state index contributed by atoms with van der Waals surface area (Å²) in [5, 5.41) is 0. The highest BCUT2D eigenvalue weighted by Gasteiger charge is 2.00. The van der Waals surface area contributed by atoms with Crippen LogP contribution in [0.5, 0.6) is 0 Å². The Hall–Kier alpha value is -0.570. The van der Waals surface area contributed by atoms with Crippen LogP contribution in [0.4, 0.5) is 4.39 Å². The van der Waals surface area contributed by atoms with Crippen molar-refractivity contribution in [1.29, 1.82) is 0 Å². The van der Waals surface area contributed by atoms with Crippen molar-refractivity contribution >= 4 is 10.9 Å². The number of thiol groups is 1. The minimum absolute atomic E-state index is 0.182. The van der Waals surface area contributed by atoms with Crippen LogP contribution in [0.2, 0.25) is 0 Å². The van der Waals surface area contributed by atoms with Crippen molar-refractivity contribution in [3.63, 3.8) is 0 Å². The van der Waals surface area contributed by atoms with Crippen LogP contribution in [-0.4, -0.2) is 17.5 Å². The van der Waals surface area contributed by atoms with Crippen molar-refractivity contribution in [3.05, 3.63) is 24.3 Å². The zero-order chi connectivity index (χ0) is 7.56. The Kier molecular flexibility index (Phi) is 2.27. The van der Waals surface area contributed by atoms with E-state index in [-0.39, 0.29) is 16.7 Å². The van der Waals surface area contributed by atoms with Gasteiger partial charge in [-0.15, -0.1) is 0 Å². The molecule has 3 heteroatoms. The van der Waals surface area contributed by atoms with Crippen LogP contribution in [0.25, 0.3) is 0 Å². The number of hydrogen-bond acceptors (Lipinski definition) is 1. The highest BCUT2D eigenvalue weighted by atomic mass is 32.2. The second kappa shape index (κ2) is 3.01. The normalized spacial score (nSPS) is 11.3. The van der Waals surface area contributed by atoms with E-state index < -0.39 is 0 Å². The highest BCUT2D eigenvalue weighted by molar-refractivity contribution is 8.15. The molecule has 0 radical (unpaired) electrons. The Morgan fingerprint density at radius 3 is 2.60 bits per heavy atom. The van der Waals surface area contributed by atoms with Gasteiger partial charge in [0.2, 0.25) is 0 Å². The quantitative estimate of drug-likeness (QED) is 0.617. The largest absolute Gasteiger partial charge is 0.262 e. The highest BCUT2D eigenvalue weighted by Crippen LogP contribution is 2.29. The molecule has 1 aromatic rings. The molecule has 0 saturated carbocycles. The molecule has 0 aliphatic carbocycles. The van der Waals surface area contributed by atoms with E-state index in [1.54, 1.807) is 12.3 Å². The van der Waals surface area contributed by atoms with Crippen molar-refractivity contribution < 1.29 is 4.39 Å². The summed E-state index contributed by atoms with van der Waals surface area (Å²) in [4.78, 5) is 4.46. The maximum atomic E-state index is 12.8. The molecule has 0 saturated heterocycles. The number of hydrogen-bond donors (Lipinski definition) is 1. The van der Waals surface area contributed by atoms with Crippen LogP contribution < -0.4 is 0 Å². The van der Waals surface area contributed by atoms with Crippen molar-refractivity contribution in [2.45, 2.75) is 4.90 Å². The fourth-order valence-corrected chi connectivity index (χ4v) is 1.58. The van der Waals surface area contributed by atoms with Gasteiger partial charge in [-0.25, -0.2) is 15.3 Å². The molecule has 1 nitrogen and oxygen atoms in total. The molecule has 0 N–H and O–H groups in total. The molecule has 0 aromatic carbocycles. The van der Waals surface area contributed by atoms with E-state index in [4.69, 9.17) is 0 Å². The first-order valence-electron chi connectivity index (χ1n) is 2.98. The lowest BCUT2D eigenvalue weighted by atomic mass is 10.5. The molecule has 0 fully saturated rings. The minimum Gasteiger partial charge on any atom is -0.262 e. The SMILES string of the molecule is C[SH](C)c1ccncc1F. The van der Waals surface area contributed by atoms with Gasteiger partial charge in [-0.3, -0.25) is 4.98 Å². The standard InChI is InChI=1S/C7H10FNS/c1-10(2)7-3-4-9-5-6(7)8/h3-5,10H,1-2H3. The number of pyridine rings is 1. The van der Waals surface area contributed by atoms with E-state index in [9.17, 15) is 4.39 Å². The summed E-state index contributed by atoms with van der Waals surface area (Å²) in [5.74, 6) is -0.182. The Balaban J connectivity index is 3.03. The predicted molar refractivity (Wildman–Crippen MR) is 43.3 cm³/mol. The molecule has 0 aliphatic heterocycles. The van der Waals surface area contributed by atoms with Gasteiger partial charge in [-0.05, 0) is 18.6 Å². The average Bonchev–Trinajstić information content (AvgIpc) is 1.88. The number of halogens is 1. The maximum Gasteiger partial charge on any atom is 0.153 e. The topological polar surface area (TPSA) is 12.9 Å². The molecule has 0 spiro atoms. The van der Waals surface area contributed by atoms with Gasteiger partial charge in [0, 0.05) is 11.1 Å². The lowest BCUT2D eigenvalue weighted by molar-refractivity contribution is 0.594. The second-order valence-electron chi connectivity index (χ2n) is 2.22.